The molecule has 0 aromatic carbocycles. The largest absolute Gasteiger partial charge is 0.710 e. The van der Waals surface area contributed by atoms with Gasteiger partial charge in [-0.15, -0.1) is 0 Å². The first-order chi connectivity index (χ1) is 6.59. The molecule has 0 unspecified atom stereocenters. The normalized spacial score (nSPS) is 10.6. The fraction of sp³-hybridized carbons (Fsp3) is 0. The molecule has 2 aromatic heterocycles. The SMILES string of the molecule is Nc1nc(N)c2c(n1)[n+]([O-])cc[n+]2[O-]. The molecule has 4 N–H and O–H groups in total. The summed E-state index contributed by atoms with van der Waals surface area (Å²) in [6.07, 6.45) is 2.03. The zero-order valence-electron chi connectivity index (χ0n) is 6.91. The van der Waals surface area contributed by atoms with E-state index < -0.39 is 0 Å². The van der Waals surface area contributed by atoms with Crippen LogP contribution in [0.1, 0.15) is 0 Å². The van der Waals surface area contributed by atoms with Crippen molar-refractivity contribution in [1.29, 1.82) is 0 Å². The van der Waals surface area contributed by atoms with Gasteiger partial charge in [0.2, 0.25) is 12.0 Å². The molecule has 0 amide bonds. The first-order valence-corrected chi connectivity index (χ1v) is 3.63. The highest BCUT2D eigenvalue weighted by Crippen LogP contribution is 2.09. The van der Waals surface area contributed by atoms with Gasteiger partial charge in [0.25, 0.3) is 0 Å². The summed E-state index contributed by atoms with van der Waals surface area (Å²) in [5, 5.41) is 22.4. The lowest BCUT2D eigenvalue weighted by atomic mass is 10.4. The van der Waals surface area contributed by atoms with Crippen LogP contribution in [0.4, 0.5) is 11.8 Å². The highest BCUT2D eigenvalue weighted by atomic mass is 16.5. The zero-order chi connectivity index (χ0) is 10.3. The van der Waals surface area contributed by atoms with Gasteiger partial charge < -0.3 is 21.9 Å². The van der Waals surface area contributed by atoms with Crippen molar-refractivity contribution in [2.75, 3.05) is 11.5 Å². The Morgan fingerprint density at radius 2 is 1.71 bits per heavy atom. The number of hydrogen-bond donors (Lipinski definition) is 2. The van der Waals surface area contributed by atoms with Gasteiger partial charge in [-0.1, -0.05) is 0 Å². The van der Waals surface area contributed by atoms with Gasteiger partial charge in [-0.05, 0) is 0 Å². The quantitative estimate of drug-likeness (QED) is 0.370. The van der Waals surface area contributed by atoms with Crippen LogP contribution in [0.5, 0.6) is 0 Å². The summed E-state index contributed by atoms with van der Waals surface area (Å²) in [4.78, 5) is 7.19. The lowest BCUT2D eigenvalue weighted by Crippen LogP contribution is -2.38. The molecule has 8 nitrogen and oxygen atoms in total. The highest BCUT2D eigenvalue weighted by Gasteiger charge is 2.20. The van der Waals surface area contributed by atoms with Crippen molar-refractivity contribution in [1.82, 2.24) is 9.97 Å². The number of anilines is 2. The van der Waals surface area contributed by atoms with E-state index in [0.717, 1.165) is 12.4 Å². The minimum absolute atomic E-state index is 0.0864. The van der Waals surface area contributed by atoms with Gasteiger partial charge in [-0.2, -0.15) is 9.71 Å². The van der Waals surface area contributed by atoms with Crippen LogP contribution in [-0.2, 0) is 0 Å². The van der Waals surface area contributed by atoms with Gasteiger partial charge in [0.05, 0.1) is 0 Å². The maximum Gasteiger partial charge on any atom is 0.408 e. The van der Waals surface area contributed by atoms with E-state index in [1.165, 1.54) is 0 Å². The van der Waals surface area contributed by atoms with Gasteiger partial charge in [-0.3, -0.25) is 0 Å². The molecule has 0 aliphatic heterocycles. The monoisotopic (exact) mass is 194 g/mol. The standard InChI is InChI=1S/C6H6N6O2/c7-4-3-5(10-6(8)9-4)12(14)2-1-11(3)13/h1-2H,(H4,7,8,9,10). The van der Waals surface area contributed by atoms with Crippen molar-refractivity contribution < 1.29 is 9.46 Å². The summed E-state index contributed by atoms with van der Waals surface area (Å²) >= 11 is 0. The molecule has 0 saturated carbocycles. The maximum absolute atomic E-state index is 11.2. The van der Waals surface area contributed by atoms with E-state index in [9.17, 15) is 10.4 Å². The average Bonchev–Trinajstić information content (AvgIpc) is 2.10. The Balaban J connectivity index is 3.00. The van der Waals surface area contributed by atoms with Crippen LogP contribution < -0.4 is 20.9 Å². The molecule has 2 rings (SSSR count). The minimum Gasteiger partial charge on any atom is -0.710 e. The summed E-state index contributed by atoms with van der Waals surface area (Å²) in [7, 11) is 0. The van der Waals surface area contributed by atoms with Gasteiger partial charge in [0, 0.05) is 4.98 Å². The molecule has 2 aromatic rings. The summed E-state index contributed by atoms with van der Waals surface area (Å²) < 4.78 is 0.816. The molecule has 72 valence electrons. The van der Waals surface area contributed by atoms with E-state index in [0.29, 0.717) is 9.46 Å². The topological polar surface area (TPSA) is 132 Å². The molecule has 0 bridgehead atoms. The number of nitrogen functional groups attached to an aromatic ring is 2. The zero-order valence-corrected chi connectivity index (χ0v) is 6.91. The van der Waals surface area contributed by atoms with E-state index >= 15 is 0 Å². The van der Waals surface area contributed by atoms with E-state index in [-0.39, 0.29) is 22.9 Å². The summed E-state index contributed by atoms with van der Waals surface area (Å²) in [5.74, 6) is -0.265. The number of nitrogens with zero attached hydrogens (tertiary/aromatic N) is 4. The third-order valence-electron chi connectivity index (χ3n) is 1.68. The predicted molar refractivity (Wildman–Crippen MR) is 46.3 cm³/mol. The summed E-state index contributed by atoms with van der Waals surface area (Å²) in [6, 6.07) is 0. The lowest BCUT2D eigenvalue weighted by Gasteiger charge is -2.04. The second kappa shape index (κ2) is 2.55. The second-order valence-corrected chi connectivity index (χ2v) is 2.59. The number of nitrogens with two attached hydrogens (primary N) is 2. The van der Waals surface area contributed by atoms with Crippen molar-refractivity contribution in [3.63, 3.8) is 0 Å². The fourth-order valence-corrected chi connectivity index (χ4v) is 1.11. The Kier molecular flexibility index (Phi) is 1.50. The van der Waals surface area contributed by atoms with Gasteiger partial charge in [0.1, 0.15) is 0 Å². The molecule has 0 saturated heterocycles. The van der Waals surface area contributed by atoms with Crippen molar-refractivity contribution in [2.45, 2.75) is 0 Å². The number of rotatable bonds is 0. The Morgan fingerprint density at radius 1 is 1.07 bits per heavy atom. The molecule has 0 aliphatic carbocycles. The molecule has 2 heterocycles. The van der Waals surface area contributed by atoms with Crippen LogP contribution in [0.25, 0.3) is 11.2 Å². The summed E-state index contributed by atoms with van der Waals surface area (Å²) in [5.41, 5.74) is 10.5. The van der Waals surface area contributed by atoms with Crippen LogP contribution in [0, 0.1) is 10.4 Å². The van der Waals surface area contributed by atoms with E-state index in [2.05, 4.69) is 9.97 Å². The third-order valence-corrected chi connectivity index (χ3v) is 1.68. The van der Waals surface area contributed by atoms with Crippen LogP contribution in [0.2, 0.25) is 0 Å². The molecule has 0 radical (unpaired) electrons. The van der Waals surface area contributed by atoms with E-state index in [1.54, 1.807) is 0 Å². The fourth-order valence-electron chi connectivity index (χ4n) is 1.11. The Bertz CT molecular complexity index is 513. The second-order valence-electron chi connectivity index (χ2n) is 2.59. The van der Waals surface area contributed by atoms with Crippen molar-refractivity contribution in [2.24, 2.45) is 0 Å². The molecule has 0 spiro atoms. The maximum atomic E-state index is 11.2. The van der Waals surface area contributed by atoms with E-state index in [1.807, 2.05) is 0 Å². The molecular formula is C6H6N6O2. The Morgan fingerprint density at radius 3 is 2.43 bits per heavy atom. The van der Waals surface area contributed by atoms with Gasteiger partial charge in [0.15, 0.2) is 6.20 Å². The molecule has 0 atom stereocenters. The van der Waals surface area contributed by atoms with E-state index in [4.69, 9.17) is 11.5 Å². The molecule has 0 fully saturated rings. The first-order valence-electron chi connectivity index (χ1n) is 3.63. The van der Waals surface area contributed by atoms with Gasteiger partial charge >= 0.3 is 17.1 Å². The highest BCUT2D eigenvalue weighted by molar-refractivity contribution is 5.76. The number of hydrogen-bond acceptors (Lipinski definition) is 6. The summed E-state index contributed by atoms with van der Waals surface area (Å²) in [6.45, 7) is 0. The van der Waals surface area contributed by atoms with Crippen LogP contribution in [-0.4, -0.2) is 9.97 Å². The van der Waals surface area contributed by atoms with Gasteiger partial charge in [-0.25, -0.2) is 4.73 Å². The van der Waals surface area contributed by atoms with Crippen LogP contribution >= 0.6 is 0 Å². The Hall–Kier alpha value is -2.38. The first kappa shape index (κ1) is 8.23. The lowest BCUT2D eigenvalue weighted by molar-refractivity contribution is -0.629. The molecule has 14 heavy (non-hydrogen) atoms. The molecular weight excluding hydrogens is 188 g/mol. The predicted octanol–water partition coefficient (Wildman–Crippen LogP) is -1.94. The van der Waals surface area contributed by atoms with Crippen LogP contribution in [0.3, 0.4) is 0 Å². The average molecular weight is 194 g/mol. The third kappa shape index (κ3) is 1.01. The van der Waals surface area contributed by atoms with Crippen molar-refractivity contribution >= 4 is 22.9 Å². The van der Waals surface area contributed by atoms with Crippen molar-refractivity contribution in [3.05, 3.63) is 22.8 Å². The molecule has 8 heteroatoms. The minimum atomic E-state index is -0.147. The van der Waals surface area contributed by atoms with Crippen molar-refractivity contribution in [3.8, 4) is 0 Å². The number of aromatic nitrogens is 4. The Labute approximate surface area is 77.6 Å². The number of fused-ring (bicyclic) bond motifs is 1. The smallest absolute Gasteiger partial charge is 0.408 e. The van der Waals surface area contributed by atoms with Crippen LogP contribution in [0.15, 0.2) is 12.4 Å². The molecule has 0 aliphatic rings.